The number of likely N-dealkylation sites (tertiary alicyclic amines) is 1. The molecular weight excluding hydrogens is 382 g/mol. The molecule has 2 N–H and O–H groups in total. The molecule has 1 aliphatic heterocycles. The van der Waals surface area contributed by atoms with Crippen LogP contribution in [-0.2, 0) is 6.42 Å². The number of unbranched alkanes of at least 4 members (excludes halogenated alkanes) is 1. The Morgan fingerprint density at radius 1 is 1.16 bits per heavy atom. The van der Waals surface area contributed by atoms with Gasteiger partial charge in [-0.05, 0) is 88.9 Å². The molecule has 1 aromatic rings. The van der Waals surface area contributed by atoms with Gasteiger partial charge in [0.15, 0.2) is 0 Å². The van der Waals surface area contributed by atoms with E-state index in [9.17, 15) is 10.2 Å². The summed E-state index contributed by atoms with van der Waals surface area (Å²) in [6, 6.07) is 8.34. The van der Waals surface area contributed by atoms with E-state index in [1.54, 1.807) is 5.57 Å². The van der Waals surface area contributed by atoms with Gasteiger partial charge in [0.2, 0.25) is 0 Å². The predicted molar refractivity (Wildman–Crippen MR) is 128 cm³/mol. The number of aliphatic hydroxyl groups is 2. The Balaban J connectivity index is 1.22. The highest BCUT2D eigenvalue weighted by molar-refractivity contribution is 5.24. The first kappa shape index (κ1) is 22.8. The minimum absolute atomic E-state index is 0.180. The highest BCUT2D eigenvalue weighted by atomic mass is 16.3. The van der Waals surface area contributed by atoms with E-state index in [1.807, 2.05) is 12.1 Å². The molecule has 0 bridgehead atoms. The van der Waals surface area contributed by atoms with Gasteiger partial charge in [-0.3, -0.25) is 0 Å². The van der Waals surface area contributed by atoms with Crippen molar-refractivity contribution in [2.75, 3.05) is 19.6 Å². The molecule has 170 valence electrons. The summed E-state index contributed by atoms with van der Waals surface area (Å²) in [5.41, 5.74) is 4.00. The number of aryl methyl sites for hydroxylation is 1. The lowest BCUT2D eigenvalue weighted by Gasteiger charge is -2.26. The molecule has 31 heavy (non-hydrogen) atoms. The van der Waals surface area contributed by atoms with Crippen molar-refractivity contribution >= 4 is 0 Å². The monoisotopic (exact) mass is 423 g/mol. The lowest BCUT2D eigenvalue weighted by atomic mass is 9.88. The predicted octanol–water partition coefficient (Wildman–Crippen LogP) is 5.05. The number of nitrogens with zero attached hydrogens (tertiary/aromatic N) is 1. The van der Waals surface area contributed by atoms with Gasteiger partial charge in [0.1, 0.15) is 0 Å². The van der Waals surface area contributed by atoms with Crippen LogP contribution >= 0.6 is 0 Å². The quantitative estimate of drug-likeness (QED) is 0.431. The fourth-order valence-electron chi connectivity index (χ4n) is 6.07. The lowest BCUT2D eigenvalue weighted by Crippen LogP contribution is -2.30. The second-order valence-corrected chi connectivity index (χ2v) is 10.2. The number of benzene rings is 1. The van der Waals surface area contributed by atoms with E-state index in [4.69, 9.17) is 0 Å². The number of aliphatic hydroxyl groups excluding tert-OH is 2. The Hall–Kier alpha value is -1.42. The summed E-state index contributed by atoms with van der Waals surface area (Å²) < 4.78 is 0. The van der Waals surface area contributed by atoms with Crippen LogP contribution in [0.5, 0.6) is 0 Å². The van der Waals surface area contributed by atoms with Crippen LogP contribution in [0.1, 0.15) is 62.5 Å². The van der Waals surface area contributed by atoms with Crippen molar-refractivity contribution in [3.63, 3.8) is 0 Å². The molecule has 2 aliphatic carbocycles. The molecule has 0 spiro atoms. The van der Waals surface area contributed by atoms with E-state index in [0.29, 0.717) is 18.3 Å². The van der Waals surface area contributed by atoms with E-state index in [0.717, 1.165) is 18.4 Å². The first-order valence-corrected chi connectivity index (χ1v) is 12.6. The zero-order chi connectivity index (χ0) is 21.6. The molecule has 0 aromatic heterocycles. The minimum Gasteiger partial charge on any atom is -0.392 e. The molecule has 1 saturated heterocycles. The number of fused-ring (bicyclic) bond motifs is 1. The van der Waals surface area contributed by atoms with Crippen LogP contribution in [0.15, 0.2) is 48.1 Å². The van der Waals surface area contributed by atoms with E-state index >= 15 is 0 Å². The van der Waals surface area contributed by atoms with Crippen LogP contribution in [0.25, 0.3) is 0 Å². The number of hydrogen-bond acceptors (Lipinski definition) is 3. The third-order valence-corrected chi connectivity index (χ3v) is 7.70. The molecule has 3 nitrogen and oxygen atoms in total. The number of hydrogen-bond donors (Lipinski definition) is 2. The fourth-order valence-corrected chi connectivity index (χ4v) is 6.07. The molecule has 1 saturated carbocycles. The first-order chi connectivity index (χ1) is 15.1. The highest BCUT2D eigenvalue weighted by Gasteiger charge is 2.43. The zero-order valence-corrected chi connectivity index (χ0v) is 19.3. The van der Waals surface area contributed by atoms with Crippen LogP contribution in [0.3, 0.4) is 0 Å². The van der Waals surface area contributed by atoms with Crippen LogP contribution in [-0.4, -0.2) is 47.0 Å². The number of rotatable bonds is 9. The molecular formula is C28H41NO2. The normalized spacial score (nSPS) is 30.0. The molecule has 5 atom stereocenters. The summed E-state index contributed by atoms with van der Waals surface area (Å²) in [6.07, 6.45) is 16.4. The Kier molecular flexibility index (Phi) is 8.03. The van der Waals surface area contributed by atoms with Crippen molar-refractivity contribution < 1.29 is 10.2 Å². The number of piperidine rings is 1. The van der Waals surface area contributed by atoms with E-state index in [-0.39, 0.29) is 12.0 Å². The topological polar surface area (TPSA) is 43.7 Å². The standard InChI is InChI=1S/C28H41NO2/c1-21-8-7-10-22(16-21)18-25(30)11-12-26-27-19-23(17-24(27)20-28(26)31)9-3-6-15-29-13-4-2-5-14-29/h7-8,10-12,16-17,24-28,30-31H,2-6,9,13-15,18-20H2,1H3/t24-,25+,26+,27-,28+/m0/s1. The molecule has 3 heteroatoms. The maximum atomic E-state index is 10.6. The first-order valence-electron chi connectivity index (χ1n) is 12.6. The van der Waals surface area contributed by atoms with E-state index in [2.05, 4.69) is 42.2 Å². The second kappa shape index (κ2) is 10.9. The maximum Gasteiger partial charge on any atom is 0.0761 e. The molecule has 2 fully saturated rings. The molecule has 0 unspecified atom stereocenters. The van der Waals surface area contributed by atoms with Crippen LogP contribution in [0, 0.1) is 24.7 Å². The van der Waals surface area contributed by atoms with Gasteiger partial charge >= 0.3 is 0 Å². The fraction of sp³-hybridized carbons (Fsp3) is 0.643. The molecule has 1 aromatic carbocycles. The van der Waals surface area contributed by atoms with Gasteiger partial charge in [0, 0.05) is 12.3 Å². The lowest BCUT2D eigenvalue weighted by molar-refractivity contribution is 0.140. The van der Waals surface area contributed by atoms with Crippen LogP contribution in [0.2, 0.25) is 0 Å². The third kappa shape index (κ3) is 6.31. The van der Waals surface area contributed by atoms with Gasteiger partial charge in [-0.1, -0.05) is 60.1 Å². The maximum absolute atomic E-state index is 10.6. The average molecular weight is 424 g/mol. The summed E-state index contributed by atoms with van der Waals surface area (Å²) in [7, 11) is 0. The van der Waals surface area contributed by atoms with Gasteiger partial charge in [-0.25, -0.2) is 0 Å². The Morgan fingerprint density at radius 2 is 2.00 bits per heavy atom. The molecule has 0 amide bonds. The molecule has 1 heterocycles. The number of allylic oxidation sites excluding steroid dienone is 2. The smallest absolute Gasteiger partial charge is 0.0761 e. The summed E-state index contributed by atoms with van der Waals surface area (Å²) >= 11 is 0. The van der Waals surface area contributed by atoms with Crippen LogP contribution < -0.4 is 0 Å². The summed E-state index contributed by atoms with van der Waals surface area (Å²) in [4.78, 5) is 2.64. The Labute approximate surface area is 188 Å². The van der Waals surface area contributed by atoms with Gasteiger partial charge in [-0.2, -0.15) is 0 Å². The van der Waals surface area contributed by atoms with Crippen molar-refractivity contribution in [2.45, 2.75) is 76.9 Å². The van der Waals surface area contributed by atoms with E-state index < -0.39 is 6.10 Å². The van der Waals surface area contributed by atoms with Gasteiger partial charge in [0.05, 0.1) is 12.2 Å². The van der Waals surface area contributed by atoms with E-state index in [1.165, 1.54) is 63.7 Å². The average Bonchev–Trinajstić information content (AvgIpc) is 3.27. The Morgan fingerprint density at radius 3 is 2.81 bits per heavy atom. The summed E-state index contributed by atoms with van der Waals surface area (Å²) in [5, 5.41) is 21.1. The van der Waals surface area contributed by atoms with Crippen molar-refractivity contribution in [3.8, 4) is 0 Å². The second-order valence-electron chi connectivity index (χ2n) is 10.2. The summed E-state index contributed by atoms with van der Waals surface area (Å²) in [5.74, 6) is 1.23. The van der Waals surface area contributed by atoms with Crippen molar-refractivity contribution in [1.82, 2.24) is 4.90 Å². The zero-order valence-electron chi connectivity index (χ0n) is 19.3. The SMILES string of the molecule is Cc1cccc(C[C@H](O)C=C[C@@H]2[C@H]3CC(CCCCN4CCCCC4)=C[C@H]3C[C@H]2O)c1. The van der Waals surface area contributed by atoms with Gasteiger partial charge in [0.25, 0.3) is 0 Å². The van der Waals surface area contributed by atoms with Gasteiger partial charge < -0.3 is 15.1 Å². The molecule has 3 aliphatic rings. The summed E-state index contributed by atoms with van der Waals surface area (Å²) in [6.45, 7) is 5.95. The van der Waals surface area contributed by atoms with Gasteiger partial charge in [-0.15, -0.1) is 0 Å². The van der Waals surface area contributed by atoms with Crippen molar-refractivity contribution in [3.05, 3.63) is 59.2 Å². The minimum atomic E-state index is -0.489. The van der Waals surface area contributed by atoms with Crippen molar-refractivity contribution in [2.24, 2.45) is 17.8 Å². The Bertz CT molecular complexity index is 764. The molecule has 4 rings (SSSR count). The molecule has 0 radical (unpaired) electrons. The third-order valence-electron chi connectivity index (χ3n) is 7.70. The van der Waals surface area contributed by atoms with Crippen molar-refractivity contribution in [1.29, 1.82) is 0 Å². The highest BCUT2D eigenvalue weighted by Crippen LogP contribution is 2.48. The van der Waals surface area contributed by atoms with Crippen LogP contribution in [0.4, 0.5) is 0 Å². The largest absolute Gasteiger partial charge is 0.392 e.